The second kappa shape index (κ2) is 8.58. The van der Waals surface area contributed by atoms with Gasteiger partial charge in [-0.3, -0.25) is 9.59 Å². The Morgan fingerprint density at radius 2 is 1.90 bits per heavy atom. The summed E-state index contributed by atoms with van der Waals surface area (Å²) in [6, 6.07) is 5.94. The smallest absolute Gasteiger partial charge is 0.325 e. The van der Waals surface area contributed by atoms with Gasteiger partial charge in [0.2, 0.25) is 5.91 Å². The molecule has 6 heteroatoms. The summed E-state index contributed by atoms with van der Waals surface area (Å²) >= 11 is 1.31. The van der Waals surface area contributed by atoms with Crippen LogP contribution in [0.1, 0.15) is 13.8 Å². The van der Waals surface area contributed by atoms with Gasteiger partial charge < -0.3 is 9.64 Å². The summed E-state index contributed by atoms with van der Waals surface area (Å²) in [5.74, 6) is -0.652. The molecule has 0 unspecified atom stereocenters. The fourth-order valence-electron chi connectivity index (χ4n) is 1.51. The number of amides is 1. The molecule has 0 atom stereocenters. The van der Waals surface area contributed by atoms with Crippen molar-refractivity contribution < 1.29 is 18.7 Å². The van der Waals surface area contributed by atoms with E-state index in [0.29, 0.717) is 13.2 Å². The third-order valence-corrected chi connectivity index (χ3v) is 3.53. The highest BCUT2D eigenvalue weighted by Crippen LogP contribution is 2.18. The Morgan fingerprint density at radius 1 is 1.25 bits per heavy atom. The summed E-state index contributed by atoms with van der Waals surface area (Å²) in [6.45, 7) is 4.24. The average molecular weight is 299 g/mol. The van der Waals surface area contributed by atoms with Gasteiger partial charge in [0.05, 0.1) is 12.4 Å². The Bertz CT molecular complexity index is 450. The molecular weight excluding hydrogens is 281 g/mol. The maximum Gasteiger partial charge on any atom is 0.325 e. The molecule has 0 aliphatic carbocycles. The first-order valence-electron chi connectivity index (χ1n) is 6.38. The van der Waals surface area contributed by atoms with E-state index in [1.54, 1.807) is 26.0 Å². The van der Waals surface area contributed by atoms with E-state index < -0.39 is 5.97 Å². The van der Waals surface area contributed by atoms with Crippen LogP contribution in [0.2, 0.25) is 0 Å². The van der Waals surface area contributed by atoms with E-state index in [9.17, 15) is 14.0 Å². The second-order valence-electron chi connectivity index (χ2n) is 3.96. The molecule has 20 heavy (non-hydrogen) atoms. The number of hydrogen-bond acceptors (Lipinski definition) is 4. The van der Waals surface area contributed by atoms with Crippen LogP contribution in [0.3, 0.4) is 0 Å². The van der Waals surface area contributed by atoms with Crippen molar-refractivity contribution in [3.8, 4) is 0 Å². The van der Waals surface area contributed by atoms with Crippen LogP contribution in [0.4, 0.5) is 4.39 Å². The Labute approximate surface area is 122 Å². The van der Waals surface area contributed by atoms with Gasteiger partial charge in [0.25, 0.3) is 0 Å². The van der Waals surface area contributed by atoms with Crippen LogP contribution < -0.4 is 0 Å². The van der Waals surface area contributed by atoms with Gasteiger partial charge in [-0.1, -0.05) is 0 Å². The lowest BCUT2D eigenvalue weighted by molar-refractivity contribution is -0.148. The zero-order valence-electron chi connectivity index (χ0n) is 11.6. The van der Waals surface area contributed by atoms with Crippen molar-refractivity contribution in [2.75, 3.05) is 25.4 Å². The Balaban J connectivity index is 2.46. The van der Waals surface area contributed by atoms with Crippen molar-refractivity contribution >= 4 is 23.6 Å². The topological polar surface area (TPSA) is 46.6 Å². The van der Waals surface area contributed by atoms with Crippen molar-refractivity contribution in [3.63, 3.8) is 0 Å². The van der Waals surface area contributed by atoms with E-state index in [-0.39, 0.29) is 24.0 Å². The molecule has 0 aliphatic heterocycles. The number of halogens is 1. The third kappa shape index (κ3) is 5.61. The van der Waals surface area contributed by atoms with Crippen molar-refractivity contribution in [3.05, 3.63) is 30.1 Å². The Kier molecular flexibility index (Phi) is 7.08. The summed E-state index contributed by atoms with van der Waals surface area (Å²) in [7, 11) is 0. The number of thioether (sulfide) groups is 1. The maximum atomic E-state index is 12.7. The van der Waals surface area contributed by atoms with Crippen molar-refractivity contribution in [2.45, 2.75) is 18.7 Å². The normalized spacial score (nSPS) is 10.2. The zero-order valence-corrected chi connectivity index (χ0v) is 12.4. The van der Waals surface area contributed by atoms with Crippen molar-refractivity contribution in [1.82, 2.24) is 4.90 Å². The molecule has 0 bridgehead atoms. The van der Waals surface area contributed by atoms with Crippen LogP contribution in [-0.4, -0.2) is 42.2 Å². The van der Waals surface area contributed by atoms with Gasteiger partial charge in [-0.25, -0.2) is 4.39 Å². The molecule has 0 aromatic heterocycles. The van der Waals surface area contributed by atoms with Gasteiger partial charge in [0, 0.05) is 11.4 Å². The number of benzene rings is 1. The molecule has 110 valence electrons. The van der Waals surface area contributed by atoms with E-state index in [1.165, 1.54) is 28.8 Å². The fourth-order valence-corrected chi connectivity index (χ4v) is 2.31. The lowest BCUT2D eigenvalue weighted by Crippen LogP contribution is -2.37. The molecule has 0 spiro atoms. The van der Waals surface area contributed by atoms with Crippen LogP contribution in [0.25, 0.3) is 0 Å². The van der Waals surface area contributed by atoms with E-state index in [1.807, 2.05) is 0 Å². The number of carbonyl (C=O) groups is 2. The molecule has 0 saturated heterocycles. The first kappa shape index (κ1) is 16.5. The quantitative estimate of drug-likeness (QED) is 0.572. The van der Waals surface area contributed by atoms with Gasteiger partial charge in [-0.15, -0.1) is 11.8 Å². The highest BCUT2D eigenvalue weighted by Gasteiger charge is 2.16. The maximum absolute atomic E-state index is 12.7. The molecule has 0 fully saturated rings. The lowest BCUT2D eigenvalue weighted by Gasteiger charge is -2.19. The van der Waals surface area contributed by atoms with E-state index in [4.69, 9.17) is 4.74 Å². The van der Waals surface area contributed by atoms with E-state index >= 15 is 0 Å². The van der Waals surface area contributed by atoms with Crippen LogP contribution >= 0.6 is 11.8 Å². The highest BCUT2D eigenvalue weighted by molar-refractivity contribution is 8.00. The average Bonchev–Trinajstić information content (AvgIpc) is 2.44. The third-order valence-electron chi connectivity index (χ3n) is 2.54. The second-order valence-corrected chi connectivity index (χ2v) is 5.00. The summed E-state index contributed by atoms with van der Waals surface area (Å²) in [5, 5.41) is 0. The van der Waals surface area contributed by atoms with Crippen molar-refractivity contribution in [1.29, 1.82) is 0 Å². The number of rotatable bonds is 7. The van der Waals surface area contributed by atoms with Gasteiger partial charge in [0.15, 0.2) is 0 Å². The summed E-state index contributed by atoms with van der Waals surface area (Å²) < 4.78 is 17.6. The number of nitrogens with zero attached hydrogens (tertiary/aromatic N) is 1. The lowest BCUT2D eigenvalue weighted by atomic mass is 10.4. The summed E-state index contributed by atoms with van der Waals surface area (Å²) in [5.41, 5.74) is 0. The highest BCUT2D eigenvalue weighted by atomic mass is 32.2. The molecule has 1 amide bonds. The molecule has 1 aromatic carbocycles. The largest absolute Gasteiger partial charge is 0.465 e. The first-order chi connectivity index (χ1) is 9.56. The van der Waals surface area contributed by atoms with E-state index in [0.717, 1.165) is 4.90 Å². The Hall–Kier alpha value is -1.56. The monoisotopic (exact) mass is 299 g/mol. The molecule has 4 nitrogen and oxygen atoms in total. The van der Waals surface area contributed by atoms with Crippen LogP contribution in [-0.2, 0) is 14.3 Å². The minimum Gasteiger partial charge on any atom is -0.465 e. The summed E-state index contributed by atoms with van der Waals surface area (Å²) in [4.78, 5) is 25.6. The standard InChI is InChI=1S/C14H18FNO3S/c1-3-16(9-14(18)19-4-2)13(17)10-20-12-7-5-11(15)6-8-12/h5-8H,3-4,9-10H2,1-2H3. The number of likely N-dealkylation sites (N-methyl/N-ethyl adjacent to an activating group) is 1. The molecule has 0 heterocycles. The predicted molar refractivity (Wildman–Crippen MR) is 76.0 cm³/mol. The van der Waals surface area contributed by atoms with Crippen molar-refractivity contribution in [2.24, 2.45) is 0 Å². The molecule has 0 aliphatic rings. The zero-order chi connectivity index (χ0) is 15.0. The fraction of sp³-hybridized carbons (Fsp3) is 0.429. The predicted octanol–water partition coefficient (Wildman–Crippen LogP) is 2.33. The molecule has 0 N–H and O–H groups in total. The van der Waals surface area contributed by atoms with E-state index in [2.05, 4.69) is 0 Å². The van der Waals surface area contributed by atoms with Gasteiger partial charge >= 0.3 is 5.97 Å². The van der Waals surface area contributed by atoms with Gasteiger partial charge in [-0.2, -0.15) is 0 Å². The number of hydrogen-bond donors (Lipinski definition) is 0. The van der Waals surface area contributed by atoms with Crippen LogP contribution in [0, 0.1) is 5.82 Å². The number of esters is 1. The molecule has 1 rings (SSSR count). The minimum absolute atomic E-state index is 0.0346. The van der Waals surface area contributed by atoms with Crippen LogP contribution in [0.15, 0.2) is 29.2 Å². The SMILES string of the molecule is CCOC(=O)CN(CC)C(=O)CSc1ccc(F)cc1. The van der Waals surface area contributed by atoms with Crippen LogP contribution in [0.5, 0.6) is 0 Å². The van der Waals surface area contributed by atoms with Gasteiger partial charge in [0.1, 0.15) is 12.4 Å². The van der Waals surface area contributed by atoms with Gasteiger partial charge in [-0.05, 0) is 38.1 Å². The number of ether oxygens (including phenoxy) is 1. The first-order valence-corrected chi connectivity index (χ1v) is 7.37. The molecule has 0 radical (unpaired) electrons. The number of carbonyl (C=O) groups excluding carboxylic acids is 2. The molecule has 0 saturated carbocycles. The molecule has 1 aromatic rings. The summed E-state index contributed by atoms with van der Waals surface area (Å²) in [6.07, 6.45) is 0. The Morgan fingerprint density at radius 3 is 2.45 bits per heavy atom. The molecular formula is C14H18FNO3S. The minimum atomic E-state index is -0.408.